The molecule has 3 heteroatoms. The second-order valence-electron chi connectivity index (χ2n) is 2.61. The van der Waals surface area contributed by atoms with Gasteiger partial charge in [0.1, 0.15) is 5.75 Å². The van der Waals surface area contributed by atoms with Gasteiger partial charge in [-0.25, -0.2) is 0 Å². The lowest BCUT2D eigenvalue weighted by Crippen LogP contribution is -1.75. The molecule has 0 spiro atoms. The third kappa shape index (κ3) is 1.47. The van der Waals surface area contributed by atoms with Crippen LogP contribution < -0.4 is 0 Å². The van der Waals surface area contributed by atoms with Crippen LogP contribution in [0.5, 0.6) is 5.75 Å². The molecule has 0 bridgehead atoms. The van der Waals surface area contributed by atoms with Crippen LogP contribution >= 0.6 is 15.9 Å². The van der Waals surface area contributed by atoms with Crippen molar-refractivity contribution >= 4 is 15.9 Å². The van der Waals surface area contributed by atoms with E-state index in [0.717, 1.165) is 4.47 Å². The van der Waals surface area contributed by atoms with E-state index in [1.165, 1.54) is 0 Å². The van der Waals surface area contributed by atoms with Gasteiger partial charge in [-0.15, -0.1) is 0 Å². The molecule has 1 aromatic carbocycles. The first kappa shape index (κ1) is 8.38. The molecule has 2 rings (SSSR count). The van der Waals surface area contributed by atoms with Crippen molar-refractivity contribution < 1.29 is 9.52 Å². The molecule has 2 aromatic rings. The molecule has 0 atom stereocenters. The van der Waals surface area contributed by atoms with E-state index in [9.17, 15) is 5.11 Å². The predicted molar refractivity (Wildman–Crippen MR) is 53.5 cm³/mol. The Morgan fingerprint density at radius 1 is 1.15 bits per heavy atom. The number of hydrogen-bond acceptors (Lipinski definition) is 2. The average Bonchev–Trinajstić information content (AvgIpc) is 2.52. The van der Waals surface area contributed by atoms with Crippen molar-refractivity contribution in [2.24, 2.45) is 0 Å². The fourth-order valence-corrected chi connectivity index (χ4v) is 1.57. The third-order valence-electron chi connectivity index (χ3n) is 1.77. The van der Waals surface area contributed by atoms with Crippen LogP contribution in [0.3, 0.4) is 0 Å². The number of phenols is 1. The summed E-state index contributed by atoms with van der Waals surface area (Å²) in [5, 5.41) is 9.53. The maximum atomic E-state index is 9.53. The first-order chi connectivity index (χ1) is 6.29. The number of para-hydroxylation sites is 1. The Balaban J connectivity index is 2.59. The molecule has 2 nitrogen and oxygen atoms in total. The van der Waals surface area contributed by atoms with Gasteiger partial charge in [-0.1, -0.05) is 12.1 Å². The minimum atomic E-state index is 0.221. The number of benzene rings is 1. The summed E-state index contributed by atoms with van der Waals surface area (Å²) < 4.78 is 6.07. The Morgan fingerprint density at radius 3 is 2.54 bits per heavy atom. The summed E-state index contributed by atoms with van der Waals surface area (Å²) in [7, 11) is 0. The maximum Gasteiger partial charge on any atom is 0.151 e. The zero-order chi connectivity index (χ0) is 9.26. The summed E-state index contributed by atoms with van der Waals surface area (Å²) in [5.74, 6) is 0.872. The van der Waals surface area contributed by atoms with Crippen molar-refractivity contribution in [2.45, 2.75) is 0 Å². The van der Waals surface area contributed by atoms with Crippen LogP contribution in [-0.2, 0) is 0 Å². The van der Waals surface area contributed by atoms with E-state index in [1.807, 2.05) is 6.07 Å². The molecule has 66 valence electrons. The molecule has 0 saturated carbocycles. The van der Waals surface area contributed by atoms with E-state index in [4.69, 9.17) is 4.42 Å². The summed E-state index contributed by atoms with van der Waals surface area (Å²) in [5.41, 5.74) is 0.694. The van der Waals surface area contributed by atoms with Gasteiger partial charge >= 0.3 is 0 Å². The molecule has 13 heavy (non-hydrogen) atoms. The summed E-state index contributed by atoms with van der Waals surface area (Å²) in [6.07, 6.45) is 1.58. The molecule has 0 saturated heterocycles. The van der Waals surface area contributed by atoms with Gasteiger partial charge in [-0.05, 0) is 34.1 Å². The summed E-state index contributed by atoms with van der Waals surface area (Å²) in [4.78, 5) is 0. The van der Waals surface area contributed by atoms with Gasteiger partial charge in [0.15, 0.2) is 5.76 Å². The van der Waals surface area contributed by atoms with Gasteiger partial charge in [0.05, 0.1) is 16.3 Å². The second-order valence-corrected chi connectivity index (χ2v) is 3.47. The third-order valence-corrected chi connectivity index (χ3v) is 2.39. The normalized spacial score (nSPS) is 10.2. The molecule has 0 unspecified atom stereocenters. The summed E-state index contributed by atoms with van der Waals surface area (Å²) in [6, 6.07) is 8.85. The van der Waals surface area contributed by atoms with Gasteiger partial charge in [0.2, 0.25) is 0 Å². The molecule has 1 heterocycles. The highest BCUT2D eigenvalue weighted by molar-refractivity contribution is 9.10. The predicted octanol–water partition coefficient (Wildman–Crippen LogP) is 3.41. The molecule has 0 aliphatic carbocycles. The number of halogens is 1. The molecular weight excluding hydrogens is 232 g/mol. The van der Waals surface area contributed by atoms with Gasteiger partial charge in [-0.2, -0.15) is 0 Å². The highest BCUT2D eigenvalue weighted by Crippen LogP contribution is 2.34. The van der Waals surface area contributed by atoms with Crippen LogP contribution in [-0.4, -0.2) is 5.11 Å². The first-order valence-electron chi connectivity index (χ1n) is 3.80. The molecule has 1 aromatic heterocycles. The SMILES string of the molecule is Oc1ccccc1-c1occc1Br. The standard InChI is InChI=1S/C10H7BrO2/c11-8-5-6-13-10(8)7-3-1-2-4-9(7)12/h1-6,12H. The van der Waals surface area contributed by atoms with Gasteiger partial charge in [0, 0.05) is 0 Å². The van der Waals surface area contributed by atoms with Crippen molar-refractivity contribution in [3.63, 3.8) is 0 Å². The van der Waals surface area contributed by atoms with E-state index >= 15 is 0 Å². The van der Waals surface area contributed by atoms with Crippen molar-refractivity contribution in [2.75, 3.05) is 0 Å². The van der Waals surface area contributed by atoms with Crippen LogP contribution in [0.15, 0.2) is 45.5 Å². The lowest BCUT2D eigenvalue weighted by molar-refractivity contribution is 0.473. The number of aromatic hydroxyl groups is 1. The monoisotopic (exact) mass is 238 g/mol. The zero-order valence-electron chi connectivity index (χ0n) is 6.70. The van der Waals surface area contributed by atoms with Crippen LogP contribution in [0, 0.1) is 0 Å². The maximum absolute atomic E-state index is 9.53. The molecule has 0 radical (unpaired) electrons. The molecule has 0 fully saturated rings. The van der Waals surface area contributed by atoms with E-state index < -0.39 is 0 Å². The lowest BCUT2D eigenvalue weighted by atomic mass is 10.1. The summed E-state index contributed by atoms with van der Waals surface area (Å²) in [6.45, 7) is 0. The van der Waals surface area contributed by atoms with Gasteiger partial charge < -0.3 is 9.52 Å². The Hall–Kier alpha value is -1.22. The number of rotatable bonds is 1. The summed E-state index contributed by atoms with van der Waals surface area (Å²) >= 11 is 3.33. The van der Waals surface area contributed by atoms with Gasteiger partial charge in [-0.3, -0.25) is 0 Å². The molecule has 0 aliphatic rings. The molecule has 1 N–H and O–H groups in total. The van der Waals surface area contributed by atoms with Crippen LogP contribution in [0.4, 0.5) is 0 Å². The highest BCUT2D eigenvalue weighted by Gasteiger charge is 2.09. The Labute approximate surface area is 83.9 Å². The van der Waals surface area contributed by atoms with E-state index in [-0.39, 0.29) is 5.75 Å². The lowest BCUT2D eigenvalue weighted by Gasteiger charge is -2.00. The molecule has 0 aliphatic heterocycles. The van der Waals surface area contributed by atoms with E-state index in [0.29, 0.717) is 11.3 Å². The Bertz CT molecular complexity index is 420. The first-order valence-corrected chi connectivity index (χ1v) is 4.59. The fourth-order valence-electron chi connectivity index (χ4n) is 1.15. The Kier molecular flexibility index (Phi) is 2.10. The smallest absolute Gasteiger partial charge is 0.151 e. The van der Waals surface area contributed by atoms with Crippen LogP contribution in [0.25, 0.3) is 11.3 Å². The fraction of sp³-hybridized carbons (Fsp3) is 0. The largest absolute Gasteiger partial charge is 0.507 e. The number of phenolic OH excluding ortho intramolecular Hbond substituents is 1. The topological polar surface area (TPSA) is 33.4 Å². The minimum absolute atomic E-state index is 0.221. The molecular formula is C10H7BrO2. The van der Waals surface area contributed by atoms with Crippen molar-refractivity contribution in [3.05, 3.63) is 41.1 Å². The highest BCUT2D eigenvalue weighted by atomic mass is 79.9. The number of hydrogen-bond donors (Lipinski definition) is 1. The van der Waals surface area contributed by atoms with Crippen molar-refractivity contribution in [1.29, 1.82) is 0 Å². The Morgan fingerprint density at radius 2 is 1.92 bits per heavy atom. The van der Waals surface area contributed by atoms with Crippen molar-refractivity contribution in [3.8, 4) is 17.1 Å². The van der Waals surface area contributed by atoms with Crippen LogP contribution in [0.1, 0.15) is 0 Å². The van der Waals surface area contributed by atoms with Gasteiger partial charge in [0.25, 0.3) is 0 Å². The molecule has 0 amide bonds. The zero-order valence-corrected chi connectivity index (χ0v) is 8.28. The quantitative estimate of drug-likeness (QED) is 0.827. The van der Waals surface area contributed by atoms with E-state index in [1.54, 1.807) is 30.5 Å². The minimum Gasteiger partial charge on any atom is -0.507 e. The second kappa shape index (κ2) is 3.26. The van der Waals surface area contributed by atoms with Crippen LogP contribution in [0.2, 0.25) is 0 Å². The number of furan rings is 1. The van der Waals surface area contributed by atoms with Crippen molar-refractivity contribution in [1.82, 2.24) is 0 Å². The van der Waals surface area contributed by atoms with E-state index in [2.05, 4.69) is 15.9 Å². The average molecular weight is 239 g/mol.